The fourth-order valence-corrected chi connectivity index (χ4v) is 7.11. The Morgan fingerprint density at radius 1 is 1.03 bits per heavy atom. The van der Waals surface area contributed by atoms with Crippen LogP contribution in [-0.2, 0) is 11.2 Å². The molecule has 0 spiro atoms. The average molecular weight is 466 g/mol. The summed E-state index contributed by atoms with van der Waals surface area (Å²) in [5.74, 6) is 2.37. The van der Waals surface area contributed by atoms with Gasteiger partial charge in [0.2, 0.25) is 0 Å². The zero-order valence-electron chi connectivity index (χ0n) is 20.4. The van der Waals surface area contributed by atoms with E-state index >= 15 is 0 Å². The number of ether oxygens (including phenoxy) is 1. The number of benzene rings is 2. The minimum absolute atomic E-state index is 0.101. The lowest BCUT2D eigenvalue weighted by molar-refractivity contribution is -0.129. The highest BCUT2D eigenvalue weighted by atomic mass is 16.5. The highest BCUT2D eigenvalue weighted by molar-refractivity contribution is 5.93. The molecule has 178 valence electrons. The number of carbonyl (C=O) groups is 2. The van der Waals surface area contributed by atoms with Crippen LogP contribution in [-0.4, -0.2) is 16.7 Å². The molecule has 2 saturated carbocycles. The highest BCUT2D eigenvalue weighted by Gasteiger charge is 2.54. The molecule has 3 aromatic rings. The molecule has 4 heteroatoms. The molecular formula is C31H31NO3. The fourth-order valence-electron chi connectivity index (χ4n) is 7.11. The van der Waals surface area contributed by atoms with Gasteiger partial charge in [0, 0.05) is 23.6 Å². The van der Waals surface area contributed by atoms with E-state index in [9.17, 15) is 9.59 Å². The van der Waals surface area contributed by atoms with Crippen molar-refractivity contribution in [3.63, 3.8) is 0 Å². The Balaban J connectivity index is 1.22. The second-order valence-corrected chi connectivity index (χ2v) is 10.8. The van der Waals surface area contributed by atoms with Crippen molar-refractivity contribution in [1.29, 1.82) is 0 Å². The van der Waals surface area contributed by atoms with Crippen molar-refractivity contribution in [3.8, 4) is 17.0 Å². The van der Waals surface area contributed by atoms with E-state index in [1.165, 1.54) is 11.1 Å². The first-order valence-corrected chi connectivity index (χ1v) is 12.8. The normalized spacial score (nSPS) is 27.0. The first-order valence-electron chi connectivity index (χ1n) is 12.8. The lowest BCUT2D eigenvalue weighted by Crippen LogP contribution is -2.42. The van der Waals surface area contributed by atoms with Crippen LogP contribution >= 0.6 is 0 Å². The summed E-state index contributed by atoms with van der Waals surface area (Å²) in [6.45, 7) is 4.23. The van der Waals surface area contributed by atoms with E-state index in [0.29, 0.717) is 34.8 Å². The predicted molar refractivity (Wildman–Crippen MR) is 135 cm³/mol. The van der Waals surface area contributed by atoms with Gasteiger partial charge in [0.1, 0.15) is 11.5 Å². The summed E-state index contributed by atoms with van der Waals surface area (Å²) in [5.41, 5.74) is 5.96. The maximum Gasteiger partial charge on any atom is 0.343 e. The molecule has 6 rings (SSSR count). The second-order valence-electron chi connectivity index (χ2n) is 10.8. The number of carbonyl (C=O) groups excluding carboxylic acids is 2. The Morgan fingerprint density at radius 2 is 1.91 bits per heavy atom. The van der Waals surface area contributed by atoms with Crippen LogP contribution in [0.25, 0.3) is 11.3 Å². The summed E-state index contributed by atoms with van der Waals surface area (Å²) >= 11 is 0. The number of esters is 1. The van der Waals surface area contributed by atoms with Crippen LogP contribution in [0.3, 0.4) is 0 Å². The number of rotatable bonds is 3. The summed E-state index contributed by atoms with van der Waals surface area (Å²) in [5, 5.41) is 0. The smallest absolute Gasteiger partial charge is 0.343 e. The van der Waals surface area contributed by atoms with Gasteiger partial charge in [-0.3, -0.25) is 9.78 Å². The van der Waals surface area contributed by atoms with E-state index in [-0.39, 0.29) is 11.4 Å². The Bertz CT molecular complexity index is 1310. The topological polar surface area (TPSA) is 56.3 Å². The van der Waals surface area contributed by atoms with Crippen LogP contribution in [0.5, 0.6) is 5.75 Å². The van der Waals surface area contributed by atoms with Gasteiger partial charge in [-0.2, -0.15) is 0 Å². The van der Waals surface area contributed by atoms with Gasteiger partial charge in [0.15, 0.2) is 0 Å². The Labute approximate surface area is 206 Å². The summed E-state index contributed by atoms with van der Waals surface area (Å²) in [4.78, 5) is 30.0. The van der Waals surface area contributed by atoms with Gasteiger partial charge in [-0.25, -0.2) is 4.79 Å². The van der Waals surface area contributed by atoms with Gasteiger partial charge in [-0.15, -0.1) is 0 Å². The first-order chi connectivity index (χ1) is 16.9. The van der Waals surface area contributed by atoms with Gasteiger partial charge in [0.05, 0.1) is 11.3 Å². The molecule has 2 aromatic carbocycles. The number of pyridine rings is 1. The van der Waals surface area contributed by atoms with Crippen LogP contribution < -0.4 is 4.74 Å². The number of hydrogen-bond acceptors (Lipinski definition) is 4. The van der Waals surface area contributed by atoms with Gasteiger partial charge in [0.25, 0.3) is 0 Å². The number of fused-ring (bicyclic) bond motifs is 5. The molecule has 1 aromatic heterocycles. The maximum atomic E-state index is 13.0. The molecule has 0 unspecified atom stereocenters. The molecule has 0 bridgehead atoms. The number of Topliss-reactive ketones (excluding diaryl/α,β-unsaturated/α-hetero) is 1. The number of aryl methyl sites for hydroxylation is 2. The number of hydrogen-bond donors (Lipinski definition) is 0. The van der Waals surface area contributed by atoms with Crippen molar-refractivity contribution < 1.29 is 14.3 Å². The number of aromatic nitrogens is 1. The SMILES string of the molecule is Cc1ccc(C(=O)Oc2ccc3c(c2)CC[C@@H]2[C@@H]3CC[C@]3(C)C(=O)CC[C@@H]23)cc1-c1ccccn1. The average Bonchev–Trinajstić information content (AvgIpc) is 3.18. The third kappa shape index (κ3) is 3.71. The summed E-state index contributed by atoms with van der Waals surface area (Å²) in [7, 11) is 0. The Kier molecular flexibility index (Phi) is 5.36. The van der Waals surface area contributed by atoms with Crippen molar-refractivity contribution in [3.05, 3.63) is 83.0 Å². The Hall–Kier alpha value is -3.27. The summed E-state index contributed by atoms with van der Waals surface area (Å²) in [6.07, 6.45) is 7.75. The molecular weight excluding hydrogens is 434 g/mol. The zero-order chi connectivity index (χ0) is 24.2. The molecule has 3 aliphatic carbocycles. The van der Waals surface area contributed by atoms with Crippen molar-refractivity contribution in [2.75, 3.05) is 0 Å². The zero-order valence-corrected chi connectivity index (χ0v) is 20.4. The van der Waals surface area contributed by atoms with Crippen molar-refractivity contribution in [2.45, 2.75) is 58.3 Å². The minimum atomic E-state index is -0.353. The standard InChI is InChI=1S/C31H31NO3/c1-19-6-7-21(18-26(19)28-5-3-4-16-32-28)30(34)35-22-9-11-23-20(17-22)8-10-25-24(23)14-15-31(2)27(25)12-13-29(31)33/h3-7,9,11,16-18,24-25,27H,8,10,12-15H2,1-2H3/t24-,25-,27+,31+/m1/s1. The van der Waals surface area contributed by atoms with Crippen LogP contribution in [0.15, 0.2) is 60.8 Å². The summed E-state index contributed by atoms with van der Waals surface area (Å²) in [6, 6.07) is 17.6. The van der Waals surface area contributed by atoms with E-state index in [2.05, 4.69) is 24.0 Å². The van der Waals surface area contributed by atoms with Gasteiger partial charge in [-0.1, -0.05) is 25.1 Å². The van der Waals surface area contributed by atoms with E-state index in [4.69, 9.17) is 4.74 Å². The monoisotopic (exact) mass is 465 g/mol. The third-order valence-electron chi connectivity index (χ3n) is 9.03. The van der Waals surface area contributed by atoms with Crippen molar-refractivity contribution in [2.24, 2.45) is 17.3 Å². The molecule has 0 N–H and O–H groups in total. The number of nitrogens with zero attached hydrogens (tertiary/aromatic N) is 1. The van der Waals surface area contributed by atoms with Crippen LogP contribution in [0.4, 0.5) is 0 Å². The van der Waals surface area contributed by atoms with Crippen molar-refractivity contribution in [1.82, 2.24) is 4.98 Å². The second kappa shape index (κ2) is 8.44. The number of ketones is 1. The fraction of sp³-hybridized carbons (Fsp3) is 0.387. The molecule has 0 amide bonds. The van der Waals surface area contributed by atoms with E-state index in [1.807, 2.05) is 49.4 Å². The highest BCUT2D eigenvalue weighted by Crippen LogP contribution is 2.59. The quantitative estimate of drug-likeness (QED) is 0.319. The molecule has 1 heterocycles. The van der Waals surface area contributed by atoms with Gasteiger partial charge >= 0.3 is 5.97 Å². The lowest BCUT2D eigenvalue weighted by Gasteiger charge is -2.48. The molecule has 0 saturated heterocycles. The molecule has 0 aliphatic heterocycles. The summed E-state index contributed by atoms with van der Waals surface area (Å²) < 4.78 is 5.83. The van der Waals surface area contributed by atoms with E-state index < -0.39 is 0 Å². The van der Waals surface area contributed by atoms with Crippen LogP contribution in [0.1, 0.15) is 72.0 Å². The third-order valence-corrected chi connectivity index (χ3v) is 9.03. The molecule has 4 nitrogen and oxygen atoms in total. The molecule has 4 atom stereocenters. The Morgan fingerprint density at radius 3 is 2.74 bits per heavy atom. The van der Waals surface area contributed by atoms with Crippen LogP contribution in [0.2, 0.25) is 0 Å². The molecule has 0 radical (unpaired) electrons. The van der Waals surface area contributed by atoms with Crippen LogP contribution in [0, 0.1) is 24.2 Å². The first kappa shape index (κ1) is 22.2. The molecule has 35 heavy (non-hydrogen) atoms. The maximum absolute atomic E-state index is 13.0. The van der Waals surface area contributed by atoms with E-state index in [0.717, 1.165) is 55.3 Å². The largest absolute Gasteiger partial charge is 0.423 e. The predicted octanol–water partition coefficient (Wildman–Crippen LogP) is 6.70. The van der Waals surface area contributed by atoms with E-state index in [1.54, 1.807) is 6.20 Å². The van der Waals surface area contributed by atoms with Gasteiger partial charge < -0.3 is 4.74 Å². The lowest BCUT2D eigenvalue weighted by atomic mass is 9.55. The molecule has 2 fully saturated rings. The minimum Gasteiger partial charge on any atom is -0.423 e. The molecule has 3 aliphatic rings. The van der Waals surface area contributed by atoms with Gasteiger partial charge in [-0.05, 0) is 110 Å². The van der Waals surface area contributed by atoms with Crippen molar-refractivity contribution >= 4 is 11.8 Å².